The highest BCUT2D eigenvalue weighted by atomic mass is 19.2. The Balaban J connectivity index is 1.16. The SMILES string of the molecule is COc1cccc2c([C@@H](O)CN3CCC(NCc4nc5c(F)c(F)ccc5[nH]4)CC3)ccnc12. The summed E-state index contributed by atoms with van der Waals surface area (Å²) in [6.45, 7) is 2.69. The smallest absolute Gasteiger partial charge is 0.186 e. The molecule has 1 fully saturated rings. The van der Waals surface area contributed by atoms with Crippen LogP contribution in [0.15, 0.2) is 42.6 Å². The summed E-state index contributed by atoms with van der Waals surface area (Å²) in [7, 11) is 1.62. The summed E-state index contributed by atoms with van der Waals surface area (Å²) >= 11 is 0. The summed E-state index contributed by atoms with van der Waals surface area (Å²) < 4.78 is 32.7. The molecule has 1 aliphatic heterocycles. The maximum atomic E-state index is 13.9. The predicted molar refractivity (Wildman–Crippen MR) is 126 cm³/mol. The fourth-order valence-electron chi connectivity index (χ4n) is 4.68. The molecule has 7 nitrogen and oxygen atoms in total. The molecule has 0 unspecified atom stereocenters. The first-order valence-electron chi connectivity index (χ1n) is 11.4. The van der Waals surface area contributed by atoms with Gasteiger partial charge in [-0.15, -0.1) is 0 Å². The van der Waals surface area contributed by atoms with Crippen LogP contribution in [0.3, 0.4) is 0 Å². The Kier molecular flexibility index (Phi) is 6.40. The van der Waals surface area contributed by atoms with Crippen molar-refractivity contribution >= 4 is 21.9 Å². The standard InChI is InChI=1S/C25H27F2N5O2/c1-34-21-4-2-3-17-16(7-10-28-24(17)21)20(33)14-32-11-8-15(9-12-32)29-13-22-30-19-6-5-18(26)23(27)25(19)31-22/h2-7,10,15,20,29,33H,8-9,11-14H2,1H3,(H,30,31)/t20-/m0/s1. The van der Waals surface area contributed by atoms with Gasteiger partial charge in [-0.3, -0.25) is 4.98 Å². The van der Waals surface area contributed by atoms with Gasteiger partial charge in [0.15, 0.2) is 11.6 Å². The third kappa shape index (κ3) is 4.46. The zero-order chi connectivity index (χ0) is 23.7. The zero-order valence-corrected chi connectivity index (χ0v) is 18.9. The van der Waals surface area contributed by atoms with Gasteiger partial charge in [0.05, 0.1) is 25.3 Å². The number of imidazole rings is 1. The van der Waals surface area contributed by atoms with E-state index in [9.17, 15) is 13.9 Å². The summed E-state index contributed by atoms with van der Waals surface area (Å²) in [4.78, 5) is 13.9. The van der Waals surface area contributed by atoms with E-state index in [1.54, 1.807) is 13.3 Å². The average Bonchev–Trinajstić information content (AvgIpc) is 3.29. The van der Waals surface area contributed by atoms with Gasteiger partial charge >= 0.3 is 0 Å². The number of hydrogen-bond acceptors (Lipinski definition) is 6. The van der Waals surface area contributed by atoms with Crippen LogP contribution >= 0.6 is 0 Å². The van der Waals surface area contributed by atoms with Gasteiger partial charge < -0.3 is 25.0 Å². The number of fused-ring (bicyclic) bond motifs is 2. The first-order valence-corrected chi connectivity index (χ1v) is 11.4. The van der Waals surface area contributed by atoms with Gasteiger partial charge in [-0.1, -0.05) is 12.1 Å². The number of aliphatic hydroxyl groups excluding tert-OH is 1. The number of aromatic nitrogens is 3. The second kappa shape index (κ2) is 9.61. The number of rotatable bonds is 7. The molecule has 1 saturated heterocycles. The van der Waals surface area contributed by atoms with Crippen molar-refractivity contribution in [2.45, 2.75) is 31.5 Å². The first-order chi connectivity index (χ1) is 16.5. The molecule has 2 aromatic carbocycles. The van der Waals surface area contributed by atoms with Crippen molar-refractivity contribution in [2.75, 3.05) is 26.7 Å². The maximum Gasteiger partial charge on any atom is 0.186 e. The number of H-pyrrole nitrogens is 1. The van der Waals surface area contributed by atoms with Crippen LogP contribution in [-0.2, 0) is 6.54 Å². The summed E-state index contributed by atoms with van der Waals surface area (Å²) in [6.07, 6.45) is 2.91. The molecule has 2 aromatic heterocycles. The van der Waals surface area contributed by atoms with E-state index in [1.807, 2.05) is 24.3 Å². The van der Waals surface area contributed by atoms with E-state index < -0.39 is 17.7 Å². The number of ether oxygens (including phenoxy) is 1. The van der Waals surface area contributed by atoms with E-state index in [0.29, 0.717) is 30.2 Å². The Morgan fingerprint density at radius 2 is 2.00 bits per heavy atom. The van der Waals surface area contributed by atoms with Crippen molar-refractivity contribution in [3.05, 3.63) is 65.6 Å². The van der Waals surface area contributed by atoms with Gasteiger partial charge in [-0.2, -0.15) is 0 Å². The molecule has 3 N–H and O–H groups in total. The molecule has 1 atom stereocenters. The maximum absolute atomic E-state index is 13.9. The molecule has 5 rings (SSSR count). The van der Waals surface area contributed by atoms with Crippen LogP contribution in [0.2, 0.25) is 0 Å². The number of piperidine rings is 1. The van der Waals surface area contributed by atoms with Gasteiger partial charge in [0.25, 0.3) is 0 Å². The number of pyridine rings is 1. The van der Waals surface area contributed by atoms with Crippen LogP contribution < -0.4 is 10.1 Å². The molecule has 0 radical (unpaired) electrons. The number of halogens is 2. The predicted octanol–water partition coefficient (Wildman–Crippen LogP) is 3.69. The van der Waals surface area contributed by atoms with Crippen LogP contribution in [0.1, 0.15) is 30.3 Å². The second-order valence-corrected chi connectivity index (χ2v) is 8.67. The topological polar surface area (TPSA) is 86.3 Å². The average molecular weight is 468 g/mol. The normalized spacial score (nSPS) is 16.4. The lowest BCUT2D eigenvalue weighted by Gasteiger charge is -2.33. The number of benzene rings is 2. The lowest BCUT2D eigenvalue weighted by Crippen LogP contribution is -2.43. The van der Waals surface area contributed by atoms with E-state index in [0.717, 1.165) is 48.5 Å². The molecule has 4 aromatic rings. The minimum absolute atomic E-state index is 0.0295. The largest absolute Gasteiger partial charge is 0.494 e. The third-order valence-corrected chi connectivity index (χ3v) is 6.52. The lowest BCUT2D eigenvalue weighted by molar-refractivity contribution is 0.0948. The number of aliphatic hydroxyl groups is 1. The summed E-state index contributed by atoms with van der Waals surface area (Å²) in [6, 6.07) is 10.5. The van der Waals surface area contributed by atoms with Crippen molar-refractivity contribution in [1.29, 1.82) is 0 Å². The van der Waals surface area contributed by atoms with Crippen LogP contribution in [-0.4, -0.2) is 57.7 Å². The van der Waals surface area contributed by atoms with Crippen molar-refractivity contribution in [2.24, 2.45) is 0 Å². The molecule has 0 spiro atoms. The van der Waals surface area contributed by atoms with Gasteiger partial charge in [0, 0.05) is 24.2 Å². The Labute approximate surface area is 195 Å². The Bertz CT molecular complexity index is 1300. The van der Waals surface area contributed by atoms with Gasteiger partial charge in [-0.25, -0.2) is 13.8 Å². The van der Waals surface area contributed by atoms with Crippen molar-refractivity contribution in [3.8, 4) is 5.75 Å². The van der Waals surface area contributed by atoms with E-state index >= 15 is 0 Å². The van der Waals surface area contributed by atoms with Crippen LogP contribution in [0, 0.1) is 11.6 Å². The van der Waals surface area contributed by atoms with Crippen LogP contribution in [0.4, 0.5) is 8.78 Å². The van der Waals surface area contributed by atoms with E-state index in [2.05, 4.69) is 25.2 Å². The lowest BCUT2D eigenvalue weighted by atomic mass is 10.0. The fraction of sp³-hybridized carbons (Fsp3) is 0.360. The molecule has 178 valence electrons. The molecule has 0 saturated carbocycles. The monoisotopic (exact) mass is 467 g/mol. The minimum atomic E-state index is -0.924. The quantitative estimate of drug-likeness (QED) is 0.384. The molecular formula is C25H27F2N5O2. The highest BCUT2D eigenvalue weighted by Crippen LogP contribution is 2.29. The van der Waals surface area contributed by atoms with Crippen LogP contribution in [0.5, 0.6) is 5.75 Å². The number of nitrogens with zero attached hydrogens (tertiary/aromatic N) is 3. The van der Waals surface area contributed by atoms with Crippen molar-refractivity contribution in [1.82, 2.24) is 25.2 Å². The molecule has 0 aliphatic carbocycles. The van der Waals surface area contributed by atoms with Crippen LogP contribution in [0.25, 0.3) is 21.9 Å². The number of aromatic amines is 1. The molecule has 0 bridgehead atoms. The fourth-order valence-corrected chi connectivity index (χ4v) is 4.68. The van der Waals surface area contributed by atoms with Gasteiger partial charge in [-0.05, 0) is 55.8 Å². The van der Waals surface area contributed by atoms with Gasteiger partial charge in [0.1, 0.15) is 22.6 Å². The molecule has 1 aliphatic rings. The number of likely N-dealkylation sites (tertiary alicyclic amines) is 1. The number of nitrogens with one attached hydrogen (secondary N) is 2. The highest BCUT2D eigenvalue weighted by Gasteiger charge is 2.23. The van der Waals surface area contributed by atoms with Crippen molar-refractivity contribution < 1.29 is 18.6 Å². The zero-order valence-electron chi connectivity index (χ0n) is 18.9. The van der Waals surface area contributed by atoms with E-state index in [4.69, 9.17) is 4.74 Å². The summed E-state index contributed by atoms with van der Waals surface area (Å²) in [5.74, 6) is -0.549. The number of hydrogen-bond donors (Lipinski definition) is 3. The molecule has 9 heteroatoms. The molecular weight excluding hydrogens is 440 g/mol. The second-order valence-electron chi connectivity index (χ2n) is 8.67. The van der Waals surface area contributed by atoms with E-state index in [1.165, 1.54) is 6.07 Å². The number of para-hydroxylation sites is 1. The Morgan fingerprint density at radius 1 is 1.18 bits per heavy atom. The Hall–Kier alpha value is -3.14. The number of β-amino-alcohol motifs (C(OH)–C–C–N with tert-alkyl or cyclic N) is 1. The Morgan fingerprint density at radius 3 is 2.79 bits per heavy atom. The first kappa shape index (κ1) is 22.6. The van der Waals surface area contributed by atoms with E-state index in [-0.39, 0.29) is 11.6 Å². The van der Waals surface area contributed by atoms with Crippen molar-refractivity contribution in [3.63, 3.8) is 0 Å². The van der Waals surface area contributed by atoms with Gasteiger partial charge in [0.2, 0.25) is 0 Å². The highest BCUT2D eigenvalue weighted by molar-refractivity contribution is 5.87. The molecule has 0 amide bonds. The number of methoxy groups -OCH3 is 1. The third-order valence-electron chi connectivity index (χ3n) is 6.52. The summed E-state index contributed by atoms with van der Waals surface area (Å²) in [5, 5.41) is 15.3. The molecule has 3 heterocycles. The molecule has 34 heavy (non-hydrogen) atoms. The minimum Gasteiger partial charge on any atom is -0.494 e. The summed E-state index contributed by atoms with van der Waals surface area (Å²) in [5.41, 5.74) is 2.11.